The van der Waals surface area contributed by atoms with Crippen LogP contribution < -0.4 is 9.47 Å². The number of methoxy groups -OCH3 is 1. The highest BCUT2D eigenvalue weighted by atomic mass is 32.2. The lowest BCUT2D eigenvalue weighted by Gasteiger charge is -2.08. The fourth-order valence-electron chi connectivity index (χ4n) is 1.45. The summed E-state index contributed by atoms with van der Waals surface area (Å²) in [4.78, 5) is 6.81. The van der Waals surface area contributed by atoms with Crippen molar-refractivity contribution in [1.29, 1.82) is 0 Å². The highest BCUT2D eigenvalue weighted by molar-refractivity contribution is 7.90. The SMILES string of the molecule is COc1ncnc(Oc2ccc(S(C)(=O)=O)cc2F)c1F. The minimum atomic E-state index is -3.55. The lowest BCUT2D eigenvalue weighted by molar-refractivity contribution is 0.340. The molecule has 1 aromatic carbocycles. The van der Waals surface area contributed by atoms with E-state index in [-0.39, 0.29) is 16.5 Å². The fourth-order valence-corrected chi connectivity index (χ4v) is 2.08. The minimum Gasteiger partial charge on any atom is -0.479 e. The smallest absolute Gasteiger partial charge is 0.263 e. The summed E-state index contributed by atoms with van der Waals surface area (Å²) >= 11 is 0. The fraction of sp³-hybridized carbons (Fsp3) is 0.167. The number of nitrogens with zero attached hydrogens (tertiary/aromatic N) is 2. The Kier molecular flexibility index (Phi) is 4.03. The van der Waals surface area contributed by atoms with E-state index in [0.29, 0.717) is 0 Å². The molecule has 0 aliphatic carbocycles. The molecule has 112 valence electrons. The summed E-state index contributed by atoms with van der Waals surface area (Å²) < 4.78 is 59.7. The molecule has 0 aliphatic rings. The Labute approximate surface area is 119 Å². The second kappa shape index (κ2) is 5.60. The molecule has 0 spiro atoms. The molecule has 0 amide bonds. The van der Waals surface area contributed by atoms with Gasteiger partial charge in [-0.3, -0.25) is 0 Å². The zero-order chi connectivity index (χ0) is 15.6. The number of aromatic nitrogens is 2. The quantitative estimate of drug-likeness (QED) is 0.858. The maximum atomic E-state index is 13.8. The van der Waals surface area contributed by atoms with Gasteiger partial charge in [0.1, 0.15) is 6.33 Å². The van der Waals surface area contributed by atoms with Crippen LogP contribution in [0.3, 0.4) is 0 Å². The lowest BCUT2D eigenvalue weighted by atomic mass is 10.3. The molecule has 2 aromatic rings. The van der Waals surface area contributed by atoms with Crippen LogP contribution in [0.15, 0.2) is 29.4 Å². The van der Waals surface area contributed by atoms with Gasteiger partial charge in [0, 0.05) is 6.26 Å². The molecule has 1 heterocycles. The molecular formula is C12H10F2N2O4S. The van der Waals surface area contributed by atoms with E-state index in [1.807, 2.05) is 0 Å². The van der Waals surface area contributed by atoms with E-state index in [0.717, 1.165) is 30.8 Å². The molecule has 1 aromatic heterocycles. The van der Waals surface area contributed by atoms with Crippen molar-refractivity contribution in [3.63, 3.8) is 0 Å². The molecule has 0 radical (unpaired) electrons. The number of benzene rings is 1. The third-order valence-electron chi connectivity index (χ3n) is 2.46. The van der Waals surface area contributed by atoms with Gasteiger partial charge in [0.25, 0.3) is 11.8 Å². The molecule has 6 nitrogen and oxygen atoms in total. The van der Waals surface area contributed by atoms with Crippen molar-refractivity contribution in [2.45, 2.75) is 4.90 Å². The van der Waals surface area contributed by atoms with E-state index in [2.05, 4.69) is 14.7 Å². The van der Waals surface area contributed by atoms with E-state index >= 15 is 0 Å². The molecule has 0 atom stereocenters. The Morgan fingerprint density at radius 2 is 1.81 bits per heavy atom. The molecule has 2 rings (SSSR count). The van der Waals surface area contributed by atoms with Crippen LogP contribution in [0.2, 0.25) is 0 Å². The number of ether oxygens (including phenoxy) is 2. The van der Waals surface area contributed by atoms with Crippen molar-refractivity contribution in [1.82, 2.24) is 9.97 Å². The Morgan fingerprint density at radius 1 is 1.14 bits per heavy atom. The van der Waals surface area contributed by atoms with Crippen molar-refractivity contribution in [3.8, 4) is 17.5 Å². The summed E-state index contributed by atoms with van der Waals surface area (Å²) in [5.74, 6) is -3.22. The first-order chi connectivity index (χ1) is 9.82. The first-order valence-electron chi connectivity index (χ1n) is 5.55. The average Bonchev–Trinajstić information content (AvgIpc) is 2.42. The molecule has 0 saturated carbocycles. The van der Waals surface area contributed by atoms with Crippen LogP contribution in [0, 0.1) is 11.6 Å². The number of halogens is 2. The van der Waals surface area contributed by atoms with Crippen molar-refractivity contribution >= 4 is 9.84 Å². The van der Waals surface area contributed by atoms with Crippen LogP contribution in [0.5, 0.6) is 17.5 Å². The molecule has 0 fully saturated rings. The van der Waals surface area contributed by atoms with Gasteiger partial charge >= 0.3 is 0 Å². The summed E-state index contributed by atoms with van der Waals surface area (Å²) in [6, 6.07) is 2.99. The van der Waals surface area contributed by atoms with Gasteiger partial charge in [0.05, 0.1) is 12.0 Å². The summed E-state index contributed by atoms with van der Waals surface area (Å²) in [5.41, 5.74) is 0. The second-order valence-electron chi connectivity index (χ2n) is 3.97. The average molecular weight is 316 g/mol. The maximum absolute atomic E-state index is 13.8. The van der Waals surface area contributed by atoms with Gasteiger partial charge in [0.2, 0.25) is 5.82 Å². The van der Waals surface area contributed by atoms with Crippen molar-refractivity contribution in [2.75, 3.05) is 13.4 Å². The largest absolute Gasteiger partial charge is 0.479 e. The summed E-state index contributed by atoms with van der Waals surface area (Å²) in [6.07, 6.45) is 1.93. The van der Waals surface area contributed by atoms with Crippen LogP contribution in [0.1, 0.15) is 0 Å². The molecular weight excluding hydrogens is 306 g/mol. The zero-order valence-corrected chi connectivity index (χ0v) is 11.8. The van der Waals surface area contributed by atoms with Crippen molar-refractivity contribution < 1.29 is 26.7 Å². The van der Waals surface area contributed by atoms with Gasteiger partial charge in [-0.1, -0.05) is 0 Å². The molecule has 21 heavy (non-hydrogen) atoms. The van der Waals surface area contributed by atoms with Gasteiger partial charge in [-0.05, 0) is 18.2 Å². The maximum Gasteiger partial charge on any atom is 0.263 e. The third kappa shape index (κ3) is 3.24. The topological polar surface area (TPSA) is 78.4 Å². The third-order valence-corrected chi connectivity index (χ3v) is 3.57. The van der Waals surface area contributed by atoms with Gasteiger partial charge in [0.15, 0.2) is 21.4 Å². The second-order valence-corrected chi connectivity index (χ2v) is 5.98. The van der Waals surface area contributed by atoms with Crippen molar-refractivity contribution in [3.05, 3.63) is 36.2 Å². The monoisotopic (exact) mass is 316 g/mol. The van der Waals surface area contributed by atoms with E-state index in [1.54, 1.807) is 0 Å². The first-order valence-corrected chi connectivity index (χ1v) is 7.44. The number of hydrogen-bond acceptors (Lipinski definition) is 6. The number of rotatable bonds is 4. The molecule has 0 aliphatic heterocycles. The molecule has 0 N–H and O–H groups in total. The summed E-state index contributed by atoms with van der Waals surface area (Å²) in [6.45, 7) is 0. The van der Waals surface area contributed by atoms with Gasteiger partial charge in [-0.15, -0.1) is 0 Å². The molecule has 0 bridgehead atoms. The summed E-state index contributed by atoms with van der Waals surface area (Å²) in [5, 5.41) is 0. The van der Waals surface area contributed by atoms with E-state index in [4.69, 9.17) is 4.74 Å². The van der Waals surface area contributed by atoms with Gasteiger partial charge < -0.3 is 9.47 Å². The van der Waals surface area contributed by atoms with E-state index < -0.39 is 27.4 Å². The minimum absolute atomic E-state index is 0.215. The van der Waals surface area contributed by atoms with Crippen LogP contribution in [0.4, 0.5) is 8.78 Å². The van der Waals surface area contributed by atoms with E-state index in [9.17, 15) is 17.2 Å². The standard InChI is InChI=1S/C12H10F2N2O4S/c1-19-11-10(14)12(16-6-15-11)20-9-4-3-7(5-8(9)13)21(2,17)18/h3-6H,1-2H3. The summed E-state index contributed by atoms with van der Waals surface area (Å²) in [7, 11) is -2.34. The molecule has 0 unspecified atom stereocenters. The predicted octanol–water partition coefficient (Wildman–Crippen LogP) is 1.96. The number of hydrogen-bond donors (Lipinski definition) is 0. The zero-order valence-electron chi connectivity index (χ0n) is 11.0. The van der Waals surface area contributed by atoms with Crippen molar-refractivity contribution in [2.24, 2.45) is 0 Å². The Bertz CT molecular complexity index is 781. The molecule has 9 heteroatoms. The lowest BCUT2D eigenvalue weighted by Crippen LogP contribution is -2.01. The predicted molar refractivity (Wildman–Crippen MR) is 68.1 cm³/mol. The Hall–Kier alpha value is -2.29. The van der Waals surface area contributed by atoms with Gasteiger partial charge in [-0.2, -0.15) is 14.4 Å². The first kappa shape index (κ1) is 15.1. The van der Waals surface area contributed by atoms with E-state index in [1.165, 1.54) is 7.11 Å². The highest BCUT2D eigenvalue weighted by Gasteiger charge is 2.17. The Morgan fingerprint density at radius 3 is 2.38 bits per heavy atom. The van der Waals surface area contributed by atoms with Gasteiger partial charge in [-0.25, -0.2) is 12.8 Å². The van der Waals surface area contributed by atoms with Crippen LogP contribution in [0.25, 0.3) is 0 Å². The molecule has 0 saturated heterocycles. The van der Waals surface area contributed by atoms with Crippen LogP contribution in [-0.4, -0.2) is 31.8 Å². The normalized spacial score (nSPS) is 11.2. The van der Waals surface area contributed by atoms with Crippen LogP contribution in [-0.2, 0) is 9.84 Å². The Balaban J connectivity index is 2.37. The number of sulfone groups is 1. The van der Waals surface area contributed by atoms with Crippen LogP contribution >= 0.6 is 0 Å². The highest BCUT2D eigenvalue weighted by Crippen LogP contribution is 2.29.